The van der Waals surface area contributed by atoms with E-state index >= 15 is 0 Å². The molecule has 0 amide bonds. The highest BCUT2D eigenvalue weighted by atomic mass is 32.2. The molecule has 6 nitrogen and oxygen atoms in total. The second-order valence-corrected chi connectivity index (χ2v) is 7.95. The molecule has 0 fully saturated rings. The van der Waals surface area contributed by atoms with Gasteiger partial charge in [-0.15, -0.1) is 0 Å². The van der Waals surface area contributed by atoms with E-state index in [2.05, 4.69) is 4.72 Å². The van der Waals surface area contributed by atoms with Gasteiger partial charge in [0.1, 0.15) is 11.8 Å². The van der Waals surface area contributed by atoms with Crippen molar-refractivity contribution in [2.75, 3.05) is 5.75 Å². The SMILES string of the molecule is CC(C)(C)CS(=O)(=O)NC(Cc1ccc(O)cc1)C(=O)O. The summed E-state index contributed by atoms with van der Waals surface area (Å²) in [6.45, 7) is 5.30. The molecular weight excluding hydrogens is 294 g/mol. The van der Waals surface area contributed by atoms with Crippen LogP contribution in [0.3, 0.4) is 0 Å². The van der Waals surface area contributed by atoms with Crippen LogP contribution in [0.1, 0.15) is 26.3 Å². The molecule has 0 spiro atoms. The summed E-state index contributed by atoms with van der Waals surface area (Å²) in [5.41, 5.74) is 0.159. The third-order valence-corrected chi connectivity index (χ3v) is 4.51. The van der Waals surface area contributed by atoms with Crippen molar-refractivity contribution in [1.29, 1.82) is 0 Å². The summed E-state index contributed by atoms with van der Waals surface area (Å²) in [5, 5.41) is 18.4. The number of rotatable bonds is 6. The molecule has 7 heteroatoms. The summed E-state index contributed by atoms with van der Waals surface area (Å²) in [4.78, 5) is 11.2. The number of carbonyl (C=O) groups is 1. The van der Waals surface area contributed by atoms with Crippen LogP contribution in [0.5, 0.6) is 5.75 Å². The first kappa shape index (κ1) is 17.5. The number of aromatic hydroxyl groups is 1. The maximum atomic E-state index is 12.0. The molecule has 0 heterocycles. The van der Waals surface area contributed by atoms with Gasteiger partial charge < -0.3 is 10.2 Å². The predicted molar refractivity (Wildman–Crippen MR) is 79.6 cm³/mol. The van der Waals surface area contributed by atoms with Gasteiger partial charge in [-0.05, 0) is 29.5 Å². The molecule has 118 valence electrons. The van der Waals surface area contributed by atoms with Crippen LogP contribution in [-0.4, -0.2) is 36.4 Å². The van der Waals surface area contributed by atoms with Gasteiger partial charge in [0.15, 0.2) is 0 Å². The molecule has 0 aliphatic rings. The fourth-order valence-electron chi connectivity index (χ4n) is 1.88. The predicted octanol–water partition coefficient (Wildman–Crippen LogP) is 1.35. The molecule has 1 aromatic rings. The second kappa shape index (κ2) is 6.44. The van der Waals surface area contributed by atoms with Crippen LogP contribution in [0.15, 0.2) is 24.3 Å². The minimum absolute atomic E-state index is 0.0129. The van der Waals surface area contributed by atoms with E-state index in [-0.39, 0.29) is 17.9 Å². The Morgan fingerprint density at radius 2 is 1.76 bits per heavy atom. The summed E-state index contributed by atoms with van der Waals surface area (Å²) in [5.74, 6) is -1.32. The van der Waals surface area contributed by atoms with Crippen LogP contribution in [0.25, 0.3) is 0 Å². The van der Waals surface area contributed by atoms with Gasteiger partial charge in [0.05, 0.1) is 5.75 Å². The Balaban J connectivity index is 2.83. The van der Waals surface area contributed by atoms with Crippen molar-refractivity contribution in [3.05, 3.63) is 29.8 Å². The zero-order valence-corrected chi connectivity index (χ0v) is 13.1. The number of carboxylic acid groups (broad SMARTS) is 1. The largest absolute Gasteiger partial charge is 0.508 e. The van der Waals surface area contributed by atoms with Crippen molar-refractivity contribution < 1.29 is 23.4 Å². The average Bonchev–Trinajstić information content (AvgIpc) is 2.27. The van der Waals surface area contributed by atoms with E-state index in [9.17, 15) is 23.4 Å². The van der Waals surface area contributed by atoms with Gasteiger partial charge in [0, 0.05) is 0 Å². The number of nitrogens with one attached hydrogen (secondary N) is 1. The van der Waals surface area contributed by atoms with E-state index in [0.29, 0.717) is 5.56 Å². The Hall–Kier alpha value is -1.60. The molecule has 1 unspecified atom stereocenters. The molecule has 0 saturated heterocycles. The molecular formula is C14H21NO5S. The maximum Gasteiger partial charge on any atom is 0.322 e. The number of benzene rings is 1. The van der Waals surface area contributed by atoms with Crippen molar-refractivity contribution >= 4 is 16.0 Å². The van der Waals surface area contributed by atoms with Crippen LogP contribution in [0.2, 0.25) is 0 Å². The third kappa shape index (κ3) is 6.59. The smallest absolute Gasteiger partial charge is 0.322 e. The van der Waals surface area contributed by atoms with Crippen molar-refractivity contribution in [1.82, 2.24) is 4.72 Å². The number of hydrogen-bond donors (Lipinski definition) is 3. The Morgan fingerprint density at radius 3 is 2.19 bits per heavy atom. The topological polar surface area (TPSA) is 104 Å². The summed E-state index contributed by atoms with van der Waals surface area (Å²) < 4.78 is 26.2. The Labute approximate surface area is 124 Å². The lowest BCUT2D eigenvalue weighted by Crippen LogP contribution is -2.44. The molecule has 0 aromatic heterocycles. The molecule has 3 N–H and O–H groups in total. The third-order valence-electron chi connectivity index (χ3n) is 2.62. The van der Waals surface area contributed by atoms with Crippen LogP contribution >= 0.6 is 0 Å². The first-order valence-electron chi connectivity index (χ1n) is 6.49. The highest BCUT2D eigenvalue weighted by Gasteiger charge is 2.28. The highest BCUT2D eigenvalue weighted by molar-refractivity contribution is 7.89. The molecule has 1 atom stereocenters. The quantitative estimate of drug-likeness (QED) is 0.735. The summed E-state index contributed by atoms with van der Waals surface area (Å²) in [7, 11) is -3.69. The van der Waals surface area contributed by atoms with Gasteiger partial charge in [-0.25, -0.2) is 13.1 Å². The van der Waals surface area contributed by atoms with Crippen molar-refractivity contribution in [2.24, 2.45) is 5.41 Å². The van der Waals surface area contributed by atoms with E-state index in [0.717, 1.165) is 0 Å². The fraction of sp³-hybridized carbons (Fsp3) is 0.500. The lowest BCUT2D eigenvalue weighted by atomic mass is 10.0. The van der Waals surface area contributed by atoms with Crippen molar-refractivity contribution in [3.63, 3.8) is 0 Å². The molecule has 1 aromatic carbocycles. The van der Waals surface area contributed by atoms with Crippen molar-refractivity contribution in [3.8, 4) is 5.75 Å². The van der Waals surface area contributed by atoms with Crippen LogP contribution < -0.4 is 4.72 Å². The molecule has 0 radical (unpaired) electrons. The van der Waals surface area contributed by atoms with Crippen LogP contribution in [0, 0.1) is 5.41 Å². The van der Waals surface area contributed by atoms with E-state index in [1.165, 1.54) is 12.1 Å². The fourth-order valence-corrected chi connectivity index (χ4v) is 3.72. The maximum absolute atomic E-state index is 12.0. The minimum Gasteiger partial charge on any atom is -0.508 e. The Morgan fingerprint density at radius 1 is 1.24 bits per heavy atom. The number of phenolic OH excluding ortho intramolecular Hbond substituents is 1. The van der Waals surface area contributed by atoms with Gasteiger partial charge >= 0.3 is 5.97 Å². The number of phenols is 1. The summed E-state index contributed by atoms with van der Waals surface area (Å²) in [6.07, 6.45) is 0.0129. The van der Waals surface area contributed by atoms with E-state index < -0.39 is 27.4 Å². The van der Waals surface area contributed by atoms with E-state index in [1.54, 1.807) is 32.9 Å². The molecule has 0 bridgehead atoms. The Bertz CT molecular complexity index is 587. The van der Waals surface area contributed by atoms with Crippen molar-refractivity contribution in [2.45, 2.75) is 33.2 Å². The monoisotopic (exact) mass is 315 g/mol. The summed E-state index contributed by atoms with van der Waals surface area (Å²) >= 11 is 0. The first-order valence-corrected chi connectivity index (χ1v) is 8.14. The molecule has 0 aliphatic carbocycles. The van der Waals surface area contributed by atoms with Gasteiger partial charge in [-0.1, -0.05) is 32.9 Å². The molecule has 0 saturated carbocycles. The van der Waals surface area contributed by atoms with E-state index in [1.807, 2.05) is 0 Å². The highest BCUT2D eigenvalue weighted by Crippen LogP contribution is 2.16. The minimum atomic E-state index is -3.69. The van der Waals surface area contributed by atoms with Gasteiger partial charge in [-0.3, -0.25) is 4.79 Å². The van der Waals surface area contributed by atoms with Crippen LogP contribution in [0.4, 0.5) is 0 Å². The molecule has 21 heavy (non-hydrogen) atoms. The second-order valence-electron chi connectivity index (χ2n) is 6.20. The lowest BCUT2D eigenvalue weighted by molar-refractivity contribution is -0.138. The van der Waals surface area contributed by atoms with Gasteiger partial charge in [0.2, 0.25) is 10.0 Å². The Kier molecular flexibility index (Phi) is 5.36. The molecule has 1 rings (SSSR count). The zero-order valence-electron chi connectivity index (χ0n) is 12.3. The standard InChI is InChI=1S/C14H21NO5S/c1-14(2,3)9-21(19,20)15-12(13(17)18)8-10-4-6-11(16)7-5-10/h4-7,12,15-16H,8-9H2,1-3H3,(H,17,18). The number of sulfonamides is 1. The number of hydrogen-bond acceptors (Lipinski definition) is 4. The van der Waals surface area contributed by atoms with Gasteiger partial charge in [0.25, 0.3) is 0 Å². The first-order chi connectivity index (χ1) is 9.48. The number of aliphatic carboxylic acids is 1. The van der Waals surface area contributed by atoms with E-state index in [4.69, 9.17) is 0 Å². The number of carboxylic acids is 1. The molecule has 0 aliphatic heterocycles. The normalized spacial score (nSPS) is 13.9. The van der Waals surface area contributed by atoms with Gasteiger partial charge in [-0.2, -0.15) is 0 Å². The lowest BCUT2D eigenvalue weighted by Gasteiger charge is -2.21. The zero-order chi connectivity index (χ0) is 16.3. The van der Waals surface area contributed by atoms with Crippen LogP contribution in [-0.2, 0) is 21.2 Å². The summed E-state index contributed by atoms with van der Waals surface area (Å²) in [6, 6.07) is 4.74. The average molecular weight is 315 g/mol.